The number of nitrogens with zero attached hydrogens (tertiary/aromatic N) is 3. The number of carbonyl (C=O) groups excluding carboxylic acids is 1. The van der Waals surface area contributed by atoms with Crippen molar-refractivity contribution in [3.8, 4) is 11.3 Å². The molecule has 2 aromatic heterocycles. The number of fused-ring (bicyclic) bond motifs is 3. The summed E-state index contributed by atoms with van der Waals surface area (Å²) >= 11 is 0. The number of aromatic nitrogens is 4. The molecule has 0 unspecified atom stereocenters. The van der Waals surface area contributed by atoms with E-state index >= 15 is 0 Å². The van der Waals surface area contributed by atoms with Crippen LogP contribution in [0.4, 0.5) is 13.2 Å². The molecule has 7 nitrogen and oxygen atoms in total. The molecule has 0 aliphatic rings. The van der Waals surface area contributed by atoms with Crippen molar-refractivity contribution in [2.45, 2.75) is 19.1 Å². The molecule has 3 aromatic carbocycles. The topological polar surface area (TPSA) is 92.2 Å². The van der Waals surface area contributed by atoms with Crippen molar-refractivity contribution in [1.82, 2.24) is 25.1 Å². The van der Waals surface area contributed by atoms with E-state index in [1.54, 1.807) is 0 Å². The number of nitrogens with one attached hydrogen (secondary N) is 2. The van der Waals surface area contributed by atoms with Gasteiger partial charge in [0.25, 0.3) is 11.5 Å². The van der Waals surface area contributed by atoms with E-state index in [0.717, 1.165) is 17.7 Å². The first-order valence-corrected chi connectivity index (χ1v) is 10.7. The SMILES string of the molecule is C[C@H](NC(=O)c1ccc2c(=O)nc3c(-c4cccc(C(F)(F)F)c4)n[nH]n3c2c1)c1ccccc1. The van der Waals surface area contributed by atoms with Crippen LogP contribution in [0.3, 0.4) is 0 Å². The van der Waals surface area contributed by atoms with Gasteiger partial charge in [0.15, 0.2) is 5.65 Å². The summed E-state index contributed by atoms with van der Waals surface area (Å²) in [5.74, 6) is -0.348. The predicted octanol–water partition coefficient (Wildman–Crippen LogP) is 4.75. The Hall–Kier alpha value is -4.47. The van der Waals surface area contributed by atoms with E-state index in [-0.39, 0.29) is 34.2 Å². The number of amides is 1. The number of halogens is 3. The number of benzene rings is 3. The Bertz CT molecular complexity index is 1620. The molecule has 0 aliphatic heterocycles. The number of alkyl halides is 3. The van der Waals surface area contributed by atoms with Crippen LogP contribution >= 0.6 is 0 Å². The number of hydrogen-bond donors (Lipinski definition) is 2. The molecule has 2 heterocycles. The summed E-state index contributed by atoms with van der Waals surface area (Å²) in [6.07, 6.45) is -4.53. The maximum absolute atomic E-state index is 13.2. The van der Waals surface area contributed by atoms with Gasteiger partial charge in [0.2, 0.25) is 0 Å². The van der Waals surface area contributed by atoms with Gasteiger partial charge in [0.05, 0.1) is 22.5 Å². The molecule has 0 bridgehead atoms. The third kappa shape index (κ3) is 4.14. The zero-order chi connectivity index (χ0) is 24.7. The second kappa shape index (κ2) is 8.39. The van der Waals surface area contributed by atoms with E-state index in [1.165, 1.54) is 34.8 Å². The molecule has 0 saturated heterocycles. The Morgan fingerprint density at radius 1 is 1.03 bits per heavy atom. The van der Waals surface area contributed by atoms with Gasteiger partial charge in [-0.3, -0.25) is 9.59 Å². The van der Waals surface area contributed by atoms with Crippen LogP contribution in [0, 0.1) is 0 Å². The van der Waals surface area contributed by atoms with Crippen LogP contribution in [-0.4, -0.2) is 25.7 Å². The van der Waals surface area contributed by atoms with Gasteiger partial charge < -0.3 is 5.32 Å². The van der Waals surface area contributed by atoms with Crippen LogP contribution in [0.15, 0.2) is 77.6 Å². The summed E-state index contributed by atoms with van der Waals surface area (Å²) in [4.78, 5) is 29.6. The maximum atomic E-state index is 13.2. The van der Waals surface area contributed by atoms with Crippen molar-refractivity contribution in [2.75, 3.05) is 0 Å². The largest absolute Gasteiger partial charge is 0.416 e. The molecule has 0 aliphatic carbocycles. The zero-order valence-corrected chi connectivity index (χ0v) is 18.3. The van der Waals surface area contributed by atoms with Crippen molar-refractivity contribution < 1.29 is 18.0 Å². The highest BCUT2D eigenvalue weighted by Gasteiger charge is 2.31. The van der Waals surface area contributed by atoms with E-state index in [9.17, 15) is 22.8 Å². The minimum Gasteiger partial charge on any atom is -0.346 e. The molecule has 1 amide bonds. The molecule has 35 heavy (non-hydrogen) atoms. The number of hydrogen-bond acceptors (Lipinski definition) is 4. The minimum absolute atomic E-state index is 0.0528. The lowest BCUT2D eigenvalue weighted by Crippen LogP contribution is -2.26. The fraction of sp³-hybridized carbons (Fsp3) is 0.120. The van der Waals surface area contributed by atoms with E-state index < -0.39 is 17.3 Å². The maximum Gasteiger partial charge on any atom is 0.416 e. The Balaban J connectivity index is 1.57. The molecule has 2 N–H and O–H groups in total. The van der Waals surface area contributed by atoms with Crippen LogP contribution < -0.4 is 10.9 Å². The molecule has 0 fully saturated rings. The van der Waals surface area contributed by atoms with Crippen molar-refractivity contribution in [1.29, 1.82) is 0 Å². The van der Waals surface area contributed by atoms with Gasteiger partial charge in [0, 0.05) is 11.1 Å². The van der Waals surface area contributed by atoms with Crippen LogP contribution in [0.2, 0.25) is 0 Å². The average molecular weight is 477 g/mol. The highest BCUT2D eigenvalue weighted by atomic mass is 19.4. The Kier molecular flexibility index (Phi) is 5.35. The lowest BCUT2D eigenvalue weighted by atomic mass is 10.1. The lowest BCUT2D eigenvalue weighted by molar-refractivity contribution is -0.137. The van der Waals surface area contributed by atoms with Gasteiger partial charge in [-0.1, -0.05) is 42.5 Å². The Labute approximate surface area is 196 Å². The number of carbonyl (C=O) groups is 1. The lowest BCUT2D eigenvalue weighted by Gasteiger charge is -2.14. The third-order valence-corrected chi connectivity index (χ3v) is 5.73. The molecule has 5 rings (SSSR count). The summed E-state index contributed by atoms with van der Waals surface area (Å²) < 4.78 is 40.9. The summed E-state index contributed by atoms with van der Waals surface area (Å²) in [5.41, 5.74) is 0.421. The van der Waals surface area contributed by atoms with E-state index in [1.807, 2.05) is 37.3 Å². The fourth-order valence-electron chi connectivity index (χ4n) is 3.91. The van der Waals surface area contributed by atoms with E-state index in [2.05, 4.69) is 20.6 Å². The minimum atomic E-state index is -4.53. The van der Waals surface area contributed by atoms with Crippen LogP contribution in [0.25, 0.3) is 27.8 Å². The molecular weight excluding hydrogens is 459 g/mol. The van der Waals surface area contributed by atoms with Crippen molar-refractivity contribution in [2.24, 2.45) is 0 Å². The summed E-state index contributed by atoms with van der Waals surface area (Å²) in [5, 5.41) is 9.96. The predicted molar refractivity (Wildman–Crippen MR) is 124 cm³/mol. The normalized spacial score (nSPS) is 12.7. The Morgan fingerprint density at radius 3 is 2.54 bits per heavy atom. The van der Waals surface area contributed by atoms with Gasteiger partial charge in [-0.05, 0) is 42.8 Å². The molecule has 0 saturated carbocycles. The molecule has 0 spiro atoms. The molecule has 10 heteroatoms. The molecule has 1 atom stereocenters. The van der Waals surface area contributed by atoms with Gasteiger partial charge in [-0.25, -0.2) is 9.73 Å². The van der Waals surface area contributed by atoms with Crippen molar-refractivity contribution in [3.05, 3.63) is 99.8 Å². The highest BCUT2D eigenvalue weighted by molar-refractivity contribution is 5.98. The smallest absolute Gasteiger partial charge is 0.346 e. The Morgan fingerprint density at radius 2 is 1.80 bits per heavy atom. The summed E-state index contributed by atoms with van der Waals surface area (Å²) in [6, 6.07) is 18.3. The second-order valence-electron chi connectivity index (χ2n) is 8.05. The number of aromatic amines is 1. The average Bonchev–Trinajstić information content (AvgIpc) is 3.28. The van der Waals surface area contributed by atoms with Crippen LogP contribution in [0.1, 0.15) is 34.5 Å². The fourth-order valence-corrected chi connectivity index (χ4v) is 3.91. The molecular formula is C25H18F3N5O2. The zero-order valence-electron chi connectivity index (χ0n) is 18.3. The molecule has 5 aromatic rings. The standard InChI is InChI=1S/C25H18F3N5O2/c1-14(15-6-3-2-4-7-15)29-23(34)17-10-11-19-20(13-17)33-22(30-24(19)35)21(31-32-33)16-8-5-9-18(12-16)25(26,27)28/h2-14,32H,1H3,(H,29,34)/t14-/m0/s1. The van der Waals surface area contributed by atoms with Gasteiger partial charge in [0.1, 0.15) is 5.69 Å². The molecule has 176 valence electrons. The molecule has 0 radical (unpaired) electrons. The first-order valence-electron chi connectivity index (χ1n) is 10.7. The van der Waals surface area contributed by atoms with Crippen LogP contribution in [0.5, 0.6) is 0 Å². The first kappa shape index (κ1) is 22.3. The monoisotopic (exact) mass is 477 g/mol. The van der Waals surface area contributed by atoms with E-state index in [4.69, 9.17) is 0 Å². The summed E-state index contributed by atoms with van der Waals surface area (Å²) in [6.45, 7) is 1.86. The first-order chi connectivity index (χ1) is 16.7. The van der Waals surface area contributed by atoms with Crippen molar-refractivity contribution in [3.63, 3.8) is 0 Å². The number of H-pyrrole nitrogens is 1. The van der Waals surface area contributed by atoms with Gasteiger partial charge in [-0.2, -0.15) is 23.3 Å². The van der Waals surface area contributed by atoms with E-state index in [0.29, 0.717) is 11.1 Å². The van der Waals surface area contributed by atoms with Gasteiger partial charge in [-0.15, -0.1) is 0 Å². The number of rotatable bonds is 4. The third-order valence-electron chi connectivity index (χ3n) is 5.73. The highest BCUT2D eigenvalue weighted by Crippen LogP contribution is 2.32. The quantitative estimate of drug-likeness (QED) is 0.391. The van der Waals surface area contributed by atoms with Crippen LogP contribution in [-0.2, 0) is 6.18 Å². The summed E-state index contributed by atoms with van der Waals surface area (Å²) in [7, 11) is 0. The second-order valence-corrected chi connectivity index (χ2v) is 8.05. The van der Waals surface area contributed by atoms with Gasteiger partial charge >= 0.3 is 6.18 Å². The van der Waals surface area contributed by atoms with Crippen molar-refractivity contribution >= 4 is 22.5 Å².